The lowest BCUT2D eigenvalue weighted by Gasteiger charge is -2.38. The van der Waals surface area contributed by atoms with E-state index in [9.17, 15) is 4.79 Å². The molecule has 1 amide bonds. The largest absolute Gasteiger partial charge is 0.370 e. The summed E-state index contributed by atoms with van der Waals surface area (Å²) in [7, 11) is 0. The lowest BCUT2D eigenvalue weighted by molar-refractivity contribution is -0.169. The Morgan fingerprint density at radius 2 is 1.78 bits per heavy atom. The Hall–Kier alpha value is -2.44. The molecular formula is C21H23N3O3. The Balaban J connectivity index is 1.28. The predicted molar refractivity (Wildman–Crippen MR) is 102 cm³/mol. The molecule has 0 aliphatic carbocycles. The van der Waals surface area contributed by atoms with Crippen LogP contribution in [0.2, 0.25) is 0 Å². The molecule has 6 heteroatoms. The van der Waals surface area contributed by atoms with E-state index in [0.717, 1.165) is 50.3 Å². The maximum atomic E-state index is 12.9. The van der Waals surface area contributed by atoms with Crippen LogP contribution >= 0.6 is 0 Å². The van der Waals surface area contributed by atoms with Crippen LogP contribution in [0.25, 0.3) is 0 Å². The molecule has 140 valence electrons. The average molecular weight is 365 g/mol. The van der Waals surface area contributed by atoms with Gasteiger partial charge in [-0.05, 0) is 30.2 Å². The SMILES string of the molecule is O=C(c1ccc(N2CCC3(CC2)OCCO3)cn1)N1CCc2ccccc21. The first kappa shape index (κ1) is 16.7. The first-order valence-electron chi connectivity index (χ1n) is 9.63. The normalized spacial score (nSPS) is 20.9. The van der Waals surface area contributed by atoms with Gasteiger partial charge < -0.3 is 19.3 Å². The van der Waals surface area contributed by atoms with Crippen LogP contribution in [0.1, 0.15) is 28.9 Å². The zero-order valence-electron chi connectivity index (χ0n) is 15.3. The molecule has 27 heavy (non-hydrogen) atoms. The van der Waals surface area contributed by atoms with Crippen LogP contribution in [-0.4, -0.2) is 49.5 Å². The van der Waals surface area contributed by atoms with Gasteiger partial charge >= 0.3 is 0 Å². The van der Waals surface area contributed by atoms with Gasteiger partial charge in [0.05, 0.1) is 25.1 Å². The molecule has 5 rings (SSSR count). The van der Waals surface area contributed by atoms with Crippen molar-refractivity contribution in [2.45, 2.75) is 25.0 Å². The molecule has 2 fully saturated rings. The number of amides is 1. The van der Waals surface area contributed by atoms with Crippen molar-refractivity contribution in [2.24, 2.45) is 0 Å². The second kappa shape index (κ2) is 6.62. The number of carbonyl (C=O) groups is 1. The molecule has 1 spiro atoms. The fourth-order valence-corrected chi connectivity index (χ4v) is 4.28. The molecule has 1 aromatic heterocycles. The van der Waals surface area contributed by atoms with Crippen LogP contribution in [-0.2, 0) is 15.9 Å². The monoisotopic (exact) mass is 365 g/mol. The first-order valence-corrected chi connectivity index (χ1v) is 9.63. The Morgan fingerprint density at radius 3 is 2.52 bits per heavy atom. The van der Waals surface area contributed by atoms with Crippen LogP contribution in [0.3, 0.4) is 0 Å². The molecule has 4 heterocycles. The number of aromatic nitrogens is 1. The number of hydrogen-bond acceptors (Lipinski definition) is 5. The van der Waals surface area contributed by atoms with Gasteiger partial charge in [-0.2, -0.15) is 0 Å². The van der Waals surface area contributed by atoms with Gasteiger partial charge in [-0.3, -0.25) is 4.79 Å². The van der Waals surface area contributed by atoms with Crippen molar-refractivity contribution in [3.05, 3.63) is 53.9 Å². The Bertz CT molecular complexity index is 836. The van der Waals surface area contributed by atoms with Crippen molar-refractivity contribution in [1.29, 1.82) is 0 Å². The van der Waals surface area contributed by atoms with E-state index in [0.29, 0.717) is 18.9 Å². The summed E-state index contributed by atoms with van der Waals surface area (Å²) in [5, 5.41) is 0. The fourth-order valence-electron chi connectivity index (χ4n) is 4.28. The number of carbonyl (C=O) groups excluding carboxylic acids is 1. The van der Waals surface area contributed by atoms with Crippen LogP contribution in [0.4, 0.5) is 11.4 Å². The van der Waals surface area contributed by atoms with E-state index < -0.39 is 0 Å². The van der Waals surface area contributed by atoms with Crippen molar-refractivity contribution < 1.29 is 14.3 Å². The minimum absolute atomic E-state index is 0.0307. The molecule has 6 nitrogen and oxygen atoms in total. The van der Waals surface area contributed by atoms with E-state index in [1.807, 2.05) is 41.4 Å². The van der Waals surface area contributed by atoms with Gasteiger partial charge in [0.1, 0.15) is 5.69 Å². The number of benzene rings is 1. The Kier molecular flexibility index (Phi) is 4.10. The number of pyridine rings is 1. The molecule has 1 aromatic carbocycles. The lowest BCUT2D eigenvalue weighted by atomic mass is 10.0. The number of hydrogen-bond donors (Lipinski definition) is 0. The number of nitrogens with zero attached hydrogens (tertiary/aromatic N) is 3. The Morgan fingerprint density at radius 1 is 1.00 bits per heavy atom. The smallest absolute Gasteiger partial charge is 0.276 e. The summed E-state index contributed by atoms with van der Waals surface area (Å²) in [4.78, 5) is 21.5. The molecule has 0 saturated carbocycles. The third-order valence-corrected chi connectivity index (χ3v) is 5.80. The maximum Gasteiger partial charge on any atom is 0.276 e. The second-order valence-electron chi connectivity index (χ2n) is 7.33. The minimum atomic E-state index is -0.372. The van der Waals surface area contributed by atoms with E-state index in [4.69, 9.17) is 9.47 Å². The average Bonchev–Trinajstić information content (AvgIpc) is 3.36. The third kappa shape index (κ3) is 2.99. The van der Waals surface area contributed by atoms with E-state index in [-0.39, 0.29) is 11.7 Å². The third-order valence-electron chi connectivity index (χ3n) is 5.80. The lowest BCUT2D eigenvalue weighted by Crippen LogP contribution is -2.45. The highest BCUT2D eigenvalue weighted by atomic mass is 16.7. The van der Waals surface area contributed by atoms with Crippen molar-refractivity contribution in [3.63, 3.8) is 0 Å². The van der Waals surface area contributed by atoms with E-state index in [2.05, 4.69) is 16.0 Å². The highest BCUT2D eigenvalue weighted by Gasteiger charge is 2.39. The molecule has 2 saturated heterocycles. The van der Waals surface area contributed by atoms with Gasteiger partial charge in [-0.15, -0.1) is 0 Å². The quantitative estimate of drug-likeness (QED) is 0.819. The molecule has 0 N–H and O–H groups in total. The molecule has 3 aliphatic heterocycles. The molecule has 0 radical (unpaired) electrons. The first-order chi connectivity index (χ1) is 13.2. The van der Waals surface area contributed by atoms with Gasteiger partial charge in [0.2, 0.25) is 0 Å². The number of piperidine rings is 1. The predicted octanol–water partition coefficient (Wildman–Crippen LogP) is 2.63. The van der Waals surface area contributed by atoms with Gasteiger partial charge in [0, 0.05) is 38.2 Å². The van der Waals surface area contributed by atoms with Crippen LogP contribution in [0.5, 0.6) is 0 Å². The molecule has 0 atom stereocenters. The number of ether oxygens (including phenoxy) is 2. The molecule has 3 aliphatic rings. The van der Waals surface area contributed by atoms with E-state index in [1.54, 1.807) is 0 Å². The highest BCUT2D eigenvalue weighted by molar-refractivity contribution is 6.06. The zero-order valence-corrected chi connectivity index (χ0v) is 15.3. The highest BCUT2D eigenvalue weighted by Crippen LogP contribution is 2.33. The van der Waals surface area contributed by atoms with Crippen LogP contribution in [0.15, 0.2) is 42.6 Å². The zero-order chi connectivity index (χ0) is 18.3. The van der Waals surface area contributed by atoms with Crippen molar-refractivity contribution >= 4 is 17.3 Å². The number of anilines is 2. The van der Waals surface area contributed by atoms with E-state index in [1.165, 1.54) is 5.56 Å². The summed E-state index contributed by atoms with van der Waals surface area (Å²) in [6, 6.07) is 11.9. The number of para-hydroxylation sites is 1. The van der Waals surface area contributed by atoms with Gasteiger partial charge in [-0.25, -0.2) is 4.98 Å². The summed E-state index contributed by atoms with van der Waals surface area (Å²) < 4.78 is 11.6. The number of fused-ring (bicyclic) bond motifs is 1. The van der Waals surface area contributed by atoms with Gasteiger partial charge in [-0.1, -0.05) is 18.2 Å². The maximum absolute atomic E-state index is 12.9. The summed E-state index contributed by atoms with van der Waals surface area (Å²) in [6.45, 7) is 3.84. The second-order valence-corrected chi connectivity index (χ2v) is 7.33. The summed E-state index contributed by atoms with van der Waals surface area (Å²) in [6.07, 6.45) is 4.43. The van der Waals surface area contributed by atoms with Gasteiger partial charge in [0.25, 0.3) is 5.91 Å². The van der Waals surface area contributed by atoms with Crippen molar-refractivity contribution in [3.8, 4) is 0 Å². The molecule has 2 aromatic rings. The van der Waals surface area contributed by atoms with Crippen LogP contribution in [0, 0.1) is 0 Å². The summed E-state index contributed by atoms with van der Waals surface area (Å²) in [5.74, 6) is -0.403. The van der Waals surface area contributed by atoms with Crippen molar-refractivity contribution in [2.75, 3.05) is 42.6 Å². The van der Waals surface area contributed by atoms with E-state index >= 15 is 0 Å². The standard InChI is InChI=1S/C21H23N3O3/c25-20(24-10-7-16-3-1-2-4-19(16)24)18-6-5-17(15-22-18)23-11-8-21(9-12-23)26-13-14-27-21/h1-6,15H,7-14H2. The molecular weight excluding hydrogens is 342 g/mol. The molecule has 0 unspecified atom stereocenters. The van der Waals surface area contributed by atoms with Gasteiger partial charge in [0.15, 0.2) is 5.79 Å². The Labute approximate surface area is 158 Å². The molecule has 0 bridgehead atoms. The van der Waals surface area contributed by atoms with Crippen molar-refractivity contribution in [1.82, 2.24) is 4.98 Å². The summed E-state index contributed by atoms with van der Waals surface area (Å²) in [5.41, 5.74) is 3.76. The van der Waals surface area contributed by atoms with Crippen LogP contribution < -0.4 is 9.80 Å². The fraction of sp³-hybridized carbons (Fsp3) is 0.429. The summed E-state index contributed by atoms with van der Waals surface area (Å²) >= 11 is 0. The number of rotatable bonds is 2. The minimum Gasteiger partial charge on any atom is -0.370 e. The topological polar surface area (TPSA) is 54.9 Å².